The molecule has 3 nitrogen and oxygen atoms in total. The van der Waals surface area contributed by atoms with Crippen LogP contribution in [0.15, 0.2) is 78.9 Å². The summed E-state index contributed by atoms with van der Waals surface area (Å²) in [6.45, 7) is 0.504. The minimum Gasteiger partial charge on any atom is -0.493 e. The number of fused-ring (bicyclic) bond motifs is 1. The first-order valence-corrected chi connectivity index (χ1v) is 8.92. The summed E-state index contributed by atoms with van der Waals surface area (Å²) in [4.78, 5) is 3.43. The molecule has 0 aliphatic rings. The highest BCUT2D eigenvalue weighted by Crippen LogP contribution is 2.33. The van der Waals surface area contributed by atoms with Gasteiger partial charge in [0.1, 0.15) is 6.61 Å². The quantitative estimate of drug-likeness (QED) is 0.465. The number of hydrogen-bond donors (Lipinski definition) is 1. The van der Waals surface area contributed by atoms with E-state index in [2.05, 4.69) is 35.3 Å². The fourth-order valence-electron chi connectivity index (χ4n) is 3.01. The molecule has 0 amide bonds. The average Bonchev–Trinajstić information content (AvgIpc) is 3.13. The van der Waals surface area contributed by atoms with Gasteiger partial charge in [0.15, 0.2) is 11.5 Å². The zero-order valence-electron chi connectivity index (χ0n) is 15.2. The summed E-state index contributed by atoms with van der Waals surface area (Å²) in [5.41, 5.74) is 4.35. The molecule has 3 heteroatoms. The number of aromatic nitrogens is 1. The lowest BCUT2D eigenvalue weighted by atomic mass is 10.2. The minimum atomic E-state index is 0.504. The van der Waals surface area contributed by atoms with Gasteiger partial charge in [-0.15, -0.1) is 0 Å². The SMILES string of the molecule is COc1cc2cc(C=Cc3ccccc3)[nH]c2cc1OCc1ccccc1. The van der Waals surface area contributed by atoms with Crippen LogP contribution in [-0.4, -0.2) is 12.1 Å². The maximum Gasteiger partial charge on any atom is 0.163 e. The summed E-state index contributed by atoms with van der Waals surface area (Å²) in [7, 11) is 1.67. The third-order valence-corrected chi connectivity index (χ3v) is 4.42. The molecule has 4 rings (SSSR count). The van der Waals surface area contributed by atoms with Gasteiger partial charge in [-0.05, 0) is 29.3 Å². The van der Waals surface area contributed by atoms with E-state index in [0.717, 1.165) is 33.7 Å². The van der Waals surface area contributed by atoms with E-state index in [4.69, 9.17) is 9.47 Å². The molecule has 0 radical (unpaired) electrons. The first kappa shape index (κ1) is 17.0. The first-order chi connectivity index (χ1) is 13.3. The van der Waals surface area contributed by atoms with E-state index in [1.54, 1.807) is 7.11 Å². The van der Waals surface area contributed by atoms with E-state index < -0.39 is 0 Å². The molecule has 0 saturated carbocycles. The molecule has 0 unspecified atom stereocenters. The van der Waals surface area contributed by atoms with Crippen molar-refractivity contribution in [1.82, 2.24) is 4.98 Å². The number of ether oxygens (including phenoxy) is 2. The number of hydrogen-bond acceptors (Lipinski definition) is 2. The molecule has 0 bridgehead atoms. The van der Waals surface area contributed by atoms with Crippen LogP contribution < -0.4 is 9.47 Å². The molecule has 0 aliphatic heterocycles. The van der Waals surface area contributed by atoms with Crippen LogP contribution in [0, 0.1) is 0 Å². The molecule has 0 aliphatic carbocycles. The Morgan fingerprint density at radius 2 is 1.56 bits per heavy atom. The van der Waals surface area contributed by atoms with Gasteiger partial charge in [0.05, 0.1) is 7.11 Å². The van der Waals surface area contributed by atoms with Crippen LogP contribution in [0.2, 0.25) is 0 Å². The maximum absolute atomic E-state index is 6.00. The highest BCUT2D eigenvalue weighted by molar-refractivity contribution is 5.87. The van der Waals surface area contributed by atoms with Crippen LogP contribution in [0.1, 0.15) is 16.8 Å². The zero-order valence-corrected chi connectivity index (χ0v) is 15.2. The zero-order chi connectivity index (χ0) is 18.5. The molecule has 134 valence electrons. The highest BCUT2D eigenvalue weighted by Gasteiger charge is 2.09. The summed E-state index contributed by atoms with van der Waals surface area (Å²) in [5.74, 6) is 1.46. The smallest absolute Gasteiger partial charge is 0.163 e. The second-order valence-electron chi connectivity index (χ2n) is 6.33. The van der Waals surface area contributed by atoms with Crippen molar-refractivity contribution in [3.63, 3.8) is 0 Å². The predicted octanol–water partition coefficient (Wildman–Crippen LogP) is 5.93. The molecule has 0 spiro atoms. The van der Waals surface area contributed by atoms with Crippen molar-refractivity contribution in [2.45, 2.75) is 6.61 Å². The Labute approximate surface area is 158 Å². The van der Waals surface area contributed by atoms with Gasteiger partial charge in [-0.2, -0.15) is 0 Å². The minimum absolute atomic E-state index is 0.504. The second kappa shape index (κ2) is 7.83. The molecule has 0 atom stereocenters. The molecular weight excluding hydrogens is 334 g/mol. The van der Waals surface area contributed by atoms with Crippen molar-refractivity contribution in [2.24, 2.45) is 0 Å². The highest BCUT2D eigenvalue weighted by atomic mass is 16.5. The normalized spacial score (nSPS) is 11.1. The van der Waals surface area contributed by atoms with Gasteiger partial charge in [0, 0.05) is 22.7 Å². The van der Waals surface area contributed by atoms with Crippen LogP contribution in [0.3, 0.4) is 0 Å². The third kappa shape index (κ3) is 4.04. The van der Waals surface area contributed by atoms with Crippen molar-refractivity contribution in [1.29, 1.82) is 0 Å². The summed E-state index contributed by atoms with van der Waals surface area (Å²) < 4.78 is 11.5. The van der Waals surface area contributed by atoms with E-state index in [1.807, 2.05) is 60.7 Å². The second-order valence-corrected chi connectivity index (χ2v) is 6.33. The molecule has 0 fully saturated rings. The number of H-pyrrole nitrogens is 1. The fourth-order valence-corrected chi connectivity index (χ4v) is 3.01. The molecule has 27 heavy (non-hydrogen) atoms. The number of rotatable bonds is 6. The van der Waals surface area contributed by atoms with Crippen LogP contribution in [0.25, 0.3) is 23.1 Å². The monoisotopic (exact) mass is 355 g/mol. The van der Waals surface area contributed by atoms with E-state index in [1.165, 1.54) is 5.56 Å². The molecular formula is C24H21NO2. The number of methoxy groups -OCH3 is 1. The Morgan fingerprint density at radius 1 is 0.815 bits per heavy atom. The summed E-state index contributed by atoms with van der Waals surface area (Å²) in [6, 6.07) is 26.5. The van der Waals surface area contributed by atoms with Crippen LogP contribution in [0.5, 0.6) is 11.5 Å². The summed E-state index contributed by atoms with van der Waals surface area (Å²) in [5, 5.41) is 1.09. The topological polar surface area (TPSA) is 34.2 Å². The summed E-state index contributed by atoms with van der Waals surface area (Å²) in [6.07, 6.45) is 4.17. The van der Waals surface area contributed by atoms with Gasteiger partial charge in [-0.3, -0.25) is 0 Å². The molecule has 1 heterocycles. The molecule has 1 N–H and O–H groups in total. The van der Waals surface area contributed by atoms with E-state index in [0.29, 0.717) is 6.61 Å². The number of nitrogens with one attached hydrogen (secondary N) is 1. The van der Waals surface area contributed by atoms with Crippen molar-refractivity contribution >= 4 is 23.1 Å². The standard InChI is InChI=1S/C24H21NO2/c1-26-23-15-20-14-21(13-12-18-8-4-2-5-9-18)25-22(20)16-24(23)27-17-19-10-6-3-7-11-19/h2-16,25H,17H2,1H3. The lowest BCUT2D eigenvalue weighted by Gasteiger charge is -2.11. The van der Waals surface area contributed by atoms with Gasteiger partial charge in [-0.25, -0.2) is 0 Å². The Kier molecular flexibility index (Phi) is 4.93. The van der Waals surface area contributed by atoms with E-state index >= 15 is 0 Å². The number of benzene rings is 3. The number of aromatic amines is 1. The van der Waals surface area contributed by atoms with Crippen molar-refractivity contribution < 1.29 is 9.47 Å². The van der Waals surface area contributed by atoms with Crippen molar-refractivity contribution in [3.8, 4) is 11.5 Å². The van der Waals surface area contributed by atoms with E-state index in [9.17, 15) is 0 Å². The Hall–Kier alpha value is -3.46. The molecule has 1 aromatic heterocycles. The molecule has 0 saturated heterocycles. The van der Waals surface area contributed by atoms with Crippen LogP contribution in [-0.2, 0) is 6.61 Å². The predicted molar refractivity (Wildman–Crippen MR) is 111 cm³/mol. The van der Waals surface area contributed by atoms with Crippen LogP contribution in [0.4, 0.5) is 0 Å². The molecule has 3 aromatic carbocycles. The molecule has 4 aromatic rings. The Bertz CT molecular complexity index is 1050. The van der Waals surface area contributed by atoms with Gasteiger partial charge in [0.2, 0.25) is 0 Å². The van der Waals surface area contributed by atoms with E-state index in [-0.39, 0.29) is 0 Å². The van der Waals surface area contributed by atoms with Gasteiger partial charge in [0.25, 0.3) is 0 Å². The first-order valence-electron chi connectivity index (χ1n) is 8.92. The van der Waals surface area contributed by atoms with Gasteiger partial charge < -0.3 is 14.5 Å². The van der Waals surface area contributed by atoms with Crippen LogP contribution >= 0.6 is 0 Å². The lowest BCUT2D eigenvalue weighted by molar-refractivity contribution is 0.285. The van der Waals surface area contributed by atoms with Gasteiger partial charge in [-0.1, -0.05) is 66.7 Å². The fraction of sp³-hybridized carbons (Fsp3) is 0.0833. The average molecular weight is 355 g/mol. The Morgan fingerprint density at radius 3 is 2.30 bits per heavy atom. The van der Waals surface area contributed by atoms with Crippen molar-refractivity contribution in [2.75, 3.05) is 7.11 Å². The lowest BCUT2D eigenvalue weighted by Crippen LogP contribution is -1.97. The third-order valence-electron chi connectivity index (χ3n) is 4.42. The Balaban J connectivity index is 1.58. The maximum atomic E-state index is 6.00. The largest absolute Gasteiger partial charge is 0.493 e. The van der Waals surface area contributed by atoms with Crippen molar-refractivity contribution in [3.05, 3.63) is 95.7 Å². The summed E-state index contributed by atoms with van der Waals surface area (Å²) >= 11 is 0. The van der Waals surface area contributed by atoms with Gasteiger partial charge >= 0.3 is 0 Å².